The number of hydrogen-bond acceptors (Lipinski definition) is 5. The highest BCUT2D eigenvalue weighted by Crippen LogP contribution is 2.30. The van der Waals surface area contributed by atoms with Crippen molar-refractivity contribution >= 4 is 11.9 Å². The van der Waals surface area contributed by atoms with Crippen molar-refractivity contribution in [3.05, 3.63) is 59.4 Å². The fraction of sp³-hybridized carbons (Fsp3) is 0.0667. The molecule has 134 valence electrons. The van der Waals surface area contributed by atoms with E-state index in [-0.39, 0.29) is 0 Å². The molecule has 0 atom stereocenters. The van der Waals surface area contributed by atoms with Crippen molar-refractivity contribution in [3.8, 4) is 11.4 Å². The highest BCUT2D eigenvalue weighted by Gasteiger charge is 2.37. The Bertz CT molecular complexity index is 950. The third kappa shape index (κ3) is 3.36. The first kappa shape index (κ1) is 17.5. The van der Waals surface area contributed by atoms with Gasteiger partial charge in [0.1, 0.15) is 11.6 Å². The molecule has 0 saturated carbocycles. The molecule has 3 rings (SSSR count). The first-order chi connectivity index (χ1) is 12.3. The van der Waals surface area contributed by atoms with Gasteiger partial charge < -0.3 is 4.52 Å². The zero-order valence-corrected chi connectivity index (χ0v) is 12.5. The third-order valence-corrected chi connectivity index (χ3v) is 3.15. The highest BCUT2D eigenvalue weighted by molar-refractivity contribution is 6.04. The molecule has 0 spiro atoms. The van der Waals surface area contributed by atoms with Crippen LogP contribution in [0.25, 0.3) is 11.4 Å². The van der Waals surface area contributed by atoms with Gasteiger partial charge in [-0.1, -0.05) is 11.2 Å². The summed E-state index contributed by atoms with van der Waals surface area (Å²) in [5, 5.41) is 5.24. The quantitative estimate of drug-likeness (QED) is 0.712. The molecular weight excluding hydrogens is 363 g/mol. The maximum atomic E-state index is 13.7. The molecular formula is C15H7F5N4O2. The average molecular weight is 370 g/mol. The van der Waals surface area contributed by atoms with E-state index in [4.69, 9.17) is 0 Å². The molecule has 0 bridgehead atoms. The van der Waals surface area contributed by atoms with E-state index in [1.54, 1.807) is 0 Å². The standard InChI is InChI=1S/C15H7F5N4O2/c16-8-4-1-5-9(17)10(8)12-22-14(26-24-12)23-13(25)7-3-2-6-21-11(7)15(18,19)20/h1-6H,(H,22,23,24,25). The molecule has 0 radical (unpaired) electrons. The van der Waals surface area contributed by atoms with Gasteiger partial charge in [0, 0.05) is 6.20 Å². The molecule has 0 aliphatic rings. The van der Waals surface area contributed by atoms with E-state index in [0.717, 1.165) is 36.5 Å². The van der Waals surface area contributed by atoms with Crippen molar-refractivity contribution in [3.63, 3.8) is 0 Å². The van der Waals surface area contributed by atoms with Crippen LogP contribution in [0.3, 0.4) is 0 Å². The van der Waals surface area contributed by atoms with Crippen molar-refractivity contribution in [2.24, 2.45) is 0 Å². The fourth-order valence-corrected chi connectivity index (χ4v) is 2.07. The van der Waals surface area contributed by atoms with Crippen molar-refractivity contribution in [1.29, 1.82) is 0 Å². The summed E-state index contributed by atoms with van der Waals surface area (Å²) in [7, 11) is 0. The maximum absolute atomic E-state index is 13.7. The van der Waals surface area contributed by atoms with Crippen LogP contribution in [0.4, 0.5) is 28.0 Å². The van der Waals surface area contributed by atoms with Crippen LogP contribution >= 0.6 is 0 Å². The van der Waals surface area contributed by atoms with Gasteiger partial charge in [-0.15, -0.1) is 0 Å². The number of halogens is 5. The molecule has 1 amide bonds. The van der Waals surface area contributed by atoms with Crippen LogP contribution in [0.2, 0.25) is 0 Å². The number of rotatable bonds is 3. The molecule has 0 aliphatic heterocycles. The Morgan fingerprint density at radius 2 is 1.77 bits per heavy atom. The van der Waals surface area contributed by atoms with Crippen LogP contribution in [0.1, 0.15) is 16.1 Å². The second-order valence-corrected chi connectivity index (χ2v) is 4.87. The van der Waals surface area contributed by atoms with Crippen molar-refractivity contribution in [2.45, 2.75) is 6.18 Å². The molecule has 26 heavy (non-hydrogen) atoms. The molecule has 6 nitrogen and oxygen atoms in total. The van der Waals surface area contributed by atoms with Gasteiger partial charge in [-0.05, 0) is 24.3 Å². The summed E-state index contributed by atoms with van der Waals surface area (Å²) < 4.78 is 70.6. The Labute approximate surface area is 141 Å². The molecule has 2 heterocycles. The van der Waals surface area contributed by atoms with E-state index in [0.29, 0.717) is 0 Å². The Morgan fingerprint density at radius 1 is 1.08 bits per heavy atom. The lowest BCUT2D eigenvalue weighted by molar-refractivity contribution is -0.141. The topological polar surface area (TPSA) is 80.9 Å². The monoisotopic (exact) mass is 370 g/mol. The summed E-state index contributed by atoms with van der Waals surface area (Å²) in [6, 6.07) is 4.44. The third-order valence-electron chi connectivity index (χ3n) is 3.15. The number of carbonyl (C=O) groups excluding carboxylic acids is 1. The number of nitrogens with zero attached hydrogens (tertiary/aromatic N) is 3. The van der Waals surface area contributed by atoms with Crippen LogP contribution in [0, 0.1) is 11.6 Å². The number of hydrogen-bond donors (Lipinski definition) is 1. The zero-order chi connectivity index (χ0) is 18.9. The summed E-state index contributed by atoms with van der Waals surface area (Å²) in [6.07, 6.45) is -3.98. The van der Waals surface area contributed by atoms with Crippen molar-refractivity contribution in [2.75, 3.05) is 5.32 Å². The molecule has 0 unspecified atom stereocenters. The van der Waals surface area contributed by atoms with Crippen LogP contribution in [-0.2, 0) is 6.18 Å². The molecule has 0 saturated heterocycles. The first-order valence-electron chi connectivity index (χ1n) is 6.89. The number of alkyl halides is 3. The van der Waals surface area contributed by atoms with Crippen LogP contribution in [0.5, 0.6) is 0 Å². The number of amides is 1. The molecule has 2 aromatic heterocycles. The minimum Gasteiger partial charge on any atom is -0.315 e. The van der Waals surface area contributed by atoms with E-state index < -0.39 is 52.4 Å². The smallest absolute Gasteiger partial charge is 0.315 e. The van der Waals surface area contributed by atoms with Gasteiger partial charge in [-0.25, -0.2) is 8.78 Å². The molecule has 0 aliphatic carbocycles. The molecule has 11 heteroatoms. The van der Waals surface area contributed by atoms with Gasteiger partial charge in [0.2, 0.25) is 5.82 Å². The average Bonchev–Trinajstić information content (AvgIpc) is 3.02. The van der Waals surface area contributed by atoms with Gasteiger partial charge in [0.25, 0.3) is 5.91 Å². The minimum absolute atomic E-state index is 0.516. The number of aromatic nitrogens is 3. The zero-order valence-electron chi connectivity index (χ0n) is 12.5. The Morgan fingerprint density at radius 3 is 2.42 bits per heavy atom. The van der Waals surface area contributed by atoms with Gasteiger partial charge in [0.15, 0.2) is 5.69 Å². The van der Waals surface area contributed by atoms with Crippen LogP contribution in [-0.4, -0.2) is 21.0 Å². The lowest BCUT2D eigenvalue weighted by atomic mass is 10.1. The second-order valence-electron chi connectivity index (χ2n) is 4.87. The lowest BCUT2D eigenvalue weighted by Crippen LogP contribution is -2.20. The number of nitrogens with one attached hydrogen (secondary N) is 1. The van der Waals surface area contributed by atoms with Gasteiger partial charge >= 0.3 is 12.2 Å². The van der Waals surface area contributed by atoms with E-state index in [2.05, 4.69) is 19.6 Å². The molecule has 0 fully saturated rings. The van der Waals surface area contributed by atoms with E-state index in [1.807, 2.05) is 5.32 Å². The summed E-state index contributed by atoms with van der Waals surface area (Å²) in [6.45, 7) is 0. The second kappa shape index (κ2) is 6.50. The first-order valence-corrected chi connectivity index (χ1v) is 6.89. The van der Waals surface area contributed by atoms with Crippen LogP contribution in [0.15, 0.2) is 41.1 Å². The number of anilines is 1. The minimum atomic E-state index is -4.86. The van der Waals surface area contributed by atoms with E-state index in [9.17, 15) is 26.7 Å². The van der Waals surface area contributed by atoms with E-state index in [1.165, 1.54) is 0 Å². The summed E-state index contributed by atoms with van der Waals surface area (Å²) in [5.74, 6) is -3.70. The predicted octanol–water partition coefficient (Wildman–Crippen LogP) is 3.68. The van der Waals surface area contributed by atoms with Gasteiger partial charge in [-0.2, -0.15) is 18.2 Å². The molecule has 1 N–H and O–H groups in total. The molecule has 3 aromatic rings. The van der Waals surface area contributed by atoms with Crippen molar-refractivity contribution in [1.82, 2.24) is 15.1 Å². The number of benzene rings is 1. The molecule has 1 aromatic carbocycles. The summed E-state index contributed by atoms with van der Waals surface area (Å²) in [5.41, 5.74) is -2.79. The number of carbonyl (C=O) groups is 1. The number of pyridine rings is 1. The fourth-order valence-electron chi connectivity index (χ4n) is 2.07. The summed E-state index contributed by atoms with van der Waals surface area (Å²) >= 11 is 0. The maximum Gasteiger partial charge on any atom is 0.434 e. The Kier molecular flexibility index (Phi) is 4.36. The predicted molar refractivity (Wildman–Crippen MR) is 76.8 cm³/mol. The Balaban J connectivity index is 1.88. The normalized spacial score (nSPS) is 11.4. The highest BCUT2D eigenvalue weighted by atomic mass is 19.4. The Hall–Kier alpha value is -3.37. The van der Waals surface area contributed by atoms with Gasteiger partial charge in [0.05, 0.1) is 11.1 Å². The van der Waals surface area contributed by atoms with Crippen LogP contribution < -0.4 is 5.32 Å². The SMILES string of the molecule is O=C(Nc1nc(-c2c(F)cccc2F)no1)c1cccnc1C(F)(F)F. The largest absolute Gasteiger partial charge is 0.434 e. The lowest BCUT2D eigenvalue weighted by Gasteiger charge is -2.09. The van der Waals surface area contributed by atoms with Crippen molar-refractivity contribution < 1.29 is 31.3 Å². The summed E-state index contributed by atoms with van der Waals surface area (Å²) in [4.78, 5) is 18.7. The van der Waals surface area contributed by atoms with E-state index >= 15 is 0 Å². The van der Waals surface area contributed by atoms with Gasteiger partial charge in [-0.3, -0.25) is 15.1 Å².